The Morgan fingerprint density at radius 2 is 1.88 bits per heavy atom. The molecule has 0 saturated heterocycles. The van der Waals surface area contributed by atoms with E-state index in [0.29, 0.717) is 11.4 Å². The zero-order valence-corrected chi connectivity index (χ0v) is 20.2. The van der Waals surface area contributed by atoms with E-state index in [1.807, 2.05) is 55.5 Å². The minimum Gasteiger partial charge on any atom is -0.495 e. The number of thiophene rings is 1. The summed E-state index contributed by atoms with van der Waals surface area (Å²) in [5.41, 5.74) is 1.91. The van der Waals surface area contributed by atoms with Crippen molar-refractivity contribution >= 4 is 34.7 Å². The summed E-state index contributed by atoms with van der Waals surface area (Å²) in [7, 11) is 1.59. The van der Waals surface area contributed by atoms with Crippen LogP contribution < -0.4 is 10.1 Å². The first-order valence-corrected chi connectivity index (χ1v) is 12.5. The lowest BCUT2D eigenvalue weighted by Gasteiger charge is -2.15. The Kier molecular flexibility index (Phi) is 7.80. The second kappa shape index (κ2) is 11.2. The molecule has 8 heteroatoms. The van der Waals surface area contributed by atoms with E-state index in [-0.39, 0.29) is 11.2 Å². The van der Waals surface area contributed by atoms with Gasteiger partial charge in [-0.15, -0.1) is 21.5 Å². The molecule has 0 radical (unpaired) electrons. The Morgan fingerprint density at radius 1 is 1.09 bits per heavy atom. The van der Waals surface area contributed by atoms with Gasteiger partial charge in [0.1, 0.15) is 11.6 Å². The monoisotopic (exact) mass is 478 g/mol. The number of para-hydroxylation sites is 2. The van der Waals surface area contributed by atoms with Gasteiger partial charge in [0, 0.05) is 17.8 Å². The smallest absolute Gasteiger partial charge is 0.237 e. The predicted octanol–water partition coefficient (Wildman–Crippen LogP) is 5.30. The van der Waals surface area contributed by atoms with Crippen LogP contribution in [0, 0.1) is 0 Å². The number of carbonyl (C=O) groups excluding carboxylic acids is 1. The van der Waals surface area contributed by atoms with Gasteiger partial charge < -0.3 is 14.6 Å². The molecular weight excluding hydrogens is 452 g/mol. The van der Waals surface area contributed by atoms with Crippen LogP contribution >= 0.6 is 23.1 Å². The molecule has 170 valence electrons. The van der Waals surface area contributed by atoms with Crippen molar-refractivity contribution in [2.45, 2.75) is 36.7 Å². The summed E-state index contributed by atoms with van der Waals surface area (Å²) in [4.78, 5) is 14.1. The average molecular weight is 479 g/mol. The van der Waals surface area contributed by atoms with E-state index in [9.17, 15) is 4.79 Å². The number of rotatable bonds is 10. The zero-order chi connectivity index (χ0) is 23.0. The number of methoxy groups -OCH3 is 1. The summed E-state index contributed by atoms with van der Waals surface area (Å²) >= 11 is 3.13. The lowest BCUT2D eigenvalue weighted by molar-refractivity contribution is -0.115. The van der Waals surface area contributed by atoms with Crippen molar-refractivity contribution in [2.75, 3.05) is 12.4 Å². The molecule has 2 aromatic heterocycles. The molecule has 0 fully saturated rings. The highest BCUT2D eigenvalue weighted by Gasteiger charge is 2.21. The van der Waals surface area contributed by atoms with Crippen LogP contribution in [0.5, 0.6) is 5.75 Å². The van der Waals surface area contributed by atoms with Crippen molar-refractivity contribution in [3.63, 3.8) is 0 Å². The molecule has 1 amide bonds. The first-order valence-electron chi connectivity index (χ1n) is 10.7. The molecule has 0 aliphatic rings. The molecule has 4 aromatic rings. The van der Waals surface area contributed by atoms with Crippen LogP contribution in [0.2, 0.25) is 0 Å². The summed E-state index contributed by atoms with van der Waals surface area (Å²) in [5.74, 6) is 1.43. The van der Waals surface area contributed by atoms with Crippen LogP contribution in [0.3, 0.4) is 0 Å². The third-order valence-corrected chi connectivity index (χ3v) is 7.15. The maximum Gasteiger partial charge on any atom is 0.237 e. The molecule has 1 atom stereocenters. The molecule has 2 heterocycles. The lowest BCUT2D eigenvalue weighted by Crippen LogP contribution is -2.23. The quantitative estimate of drug-likeness (QED) is 0.313. The van der Waals surface area contributed by atoms with Gasteiger partial charge in [-0.2, -0.15) is 0 Å². The van der Waals surface area contributed by atoms with Gasteiger partial charge in [0.05, 0.1) is 18.0 Å². The number of thioether (sulfide) groups is 1. The Labute approximate surface area is 202 Å². The fourth-order valence-electron chi connectivity index (χ4n) is 3.41. The largest absolute Gasteiger partial charge is 0.495 e. The summed E-state index contributed by atoms with van der Waals surface area (Å²) < 4.78 is 7.49. The summed E-state index contributed by atoms with van der Waals surface area (Å²) in [6, 6.07) is 21.9. The van der Waals surface area contributed by atoms with Crippen LogP contribution in [0.1, 0.15) is 23.2 Å². The number of hydrogen-bond acceptors (Lipinski definition) is 6. The van der Waals surface area contributed by atoms with E-state index in [1.54, 1.807) is 18.4 Å². The number of nitrogens with zero attached hydrogens (tertiary/aromatic N) is 3. The van der Waals surface area contributed by atoms with Crippen molar-refractivity contribution in [2.24, 2.45) is 0 Å². The first-order chi connectivity index (χ1) is 16.1. The second-order valence-corrected chi connectivity index (χ2v) is 9.83. The number of aryl methyl sites for hydroxylation is 1. The predicted molar refractivity (Wildman–Crippen MR) is 134 cm³/mol. The van der Waals surface area contributed by atoms with Crippen molar-refractivity contribution < 1.29 is 9.53 Å². The van der Waals surface area contributed by atoms with Crippen LogP contribution in [0.15, 0.2) is 77.3 Å². The van der Waals surface area contributed by atoms with Crippen molar-refractivity contribution in [3.8, 4) is 5.75 Å². The number of amides is 1. The third-order valence-electron chi connectivity index (χ3n) is 5.19. The van der Waals surface area contributed by atoms with Gasteiger partial charge >= 0.3 is 0 Å². The van der Waals surface area contributed by atoms with Gasteiger partial charge in [-0.25, -0.2) is 0 Å². The van der Waals surface area contributed by atoms with Crippen molar-refractivity contribution in [3.05, 3.63) is 88.4 Å². The maximum absolute atomic E-state index is 12.9. The highest BCUT2D eigenvalue weighted by atomic mass is 32.2. The van der Waals surface area contributed by atoms with E-state index in [2.05, 4.69) is 43.7 Å². The Hall–Kier alpha value is -3.10. The molecule has 33 heavy (non-hydrogen) atoms. The summed E-state index contributed by atoms with van der Waals surface area (Å²) in [5, 5.41) is 14.3. The molecular formula is C25H26N4O2S2. The van der Waals surface area contributed by atoms with E-state index in [0.717, 1.165) is 30.4 Å². The van der Waals surface area contributed by atoms with Gasteiger partial charge in [-0.1, -0.05) is 60.3 Å². The van der Waals surface area contributed by atoms with Gasteiger partial charge in [0.25, 0.3) is 0 Å². The molecule has 0 spiro atoms. The topological polar surface area (TPSA) is 69.0 Å². The molecule has 6 nitrogen and oxygen atoms in total. The maximum atomic E-state index is 12.9. The van der Waals surface area contributed by atoms with E-state index in [4.69, 9.17) is 4.74 Å². The highest BCUT2D eigenvalue weighted by molar-refractivity contribution is 8.00. The van der Waals surface area contributed by atoms with Gasteiger partial charge in [-0.05, 0) is 42.5 Å². The number of benzene rings is 2. The average Bonchev–Trinajstić information content (AvgIpc) is 3.49. The highest BCUT2D eigenvalue weighted by Crippen LogP contribution is 2.28. The Bertz CT molecular complexity index is 1180. The number of ether oxygens (including phenoxy) is 1. The van der Waals surface area contributed by atoms with Crippen LogP contribution in [0.4, 0.5) is 5.69 Å². The number of aromatic nitrogens is 3. The summed E-state index contributed by atoms with van der Waals surface area (Å²) in [6.45, 7) is 2.63. The van der Waals surface area contributed by atoms with E-state index >= 15 is 0 Å². The first kappa shape index (κ1) is 23.1. The Balaban J connectivity index is 1.50. The van der Waals surface area contributed by atoms with Gasteiger partial charge in [-0.3, -0.25) is 4.79 Å². The van der Waals surface area contributed by atoms with Gasteiger partial charge in [0.15, 0.2) is 5.16 Å². The van der Waals surface area contributed by atoms with Crippen LogP contribution in [-0.2, 0) is 24.2 Å². The molecule has 0 saturated carbocycles. The molecule has 1 unspecified atom stereocenters. The Morgan fingerprint density at radius 3 is 2.64 bits per heavy atom. The van der Waals surface area contributed by atoms with Crippen molar-refractivity contribution in [1.82, 2.24) is 14.8 Å². The normalized spacial score (nSPS) is 11.8. The molecule has 1 N–H and O–H groups in total. The van der Waals surface area contributed by atoms with Crippen LogP contribution in [-0.4, -0.2) is 33.0 Å². The minimum absolute atomic E-state index is 0.109. The third kappa shape index (κ3) is 6.03. The number of carbonyl (C=O) groups is 1. The minimum atomic E-state index is -0.357. The molecule has 4 rings (SSSR count). The second-order valence-electron chi connectivity index (χ2n) is 7.49. The number of nitrogens with one attached hydrogen (secondary N) is 1. The van der Waals surface area contributed by atoms with E-state index < -0.39 is 0 Å². The molecule has 0 aliphatic heterocycles. The molecule has 0 aliphatic carbocycles. The fraction of sp³-hybridized carbons (Fsp3) is 0.240. The standard InChI is InChI=1S/C25H26N4O2S2/c1-18(24(30)26-21-12-6-7-13-22(21)31-2)33-25-28-27-23(17-20-11-8-16-32-20)29(25)15-14-19-9-4-3-5-10-19/h3-13,16,18H,14-15,17H2,1-2H3,(H,26,30). The lowest BCUT2D eigenvalue weighted by atomic mass is 10.1. The molecule has 0 bridgehead atoms. The SMILES string of the molecule is COc1ccccc1NC(=O)C(C)Sc1nnc(Cc2cccs2)n1CCc1ccccc1. The fourth-order valence-corrected chi connectivity index (χ4v) is 5.01. The summed E-state index contributed by atoms with van der Waals surface area (Å²) in [6.07, 6.45) is 1.59. The zero-order valence-electron chi connectivity index (χ0n) is 18.6. The number of hydrogen-bond donors (Lipinski definition) is 1. The number of anilines is 1. The van der Waals surface area contributed by atoms with Gasteiger partial charge in [0.2, 0.25) is 5.91 Å². The van der Waals surface area contributed by atoms with Crippen LogP contribution in [0.25, 0.3) is 0 Å². The molecule has 2 aromatic carbocycles. The van der Waals surface area contributed by atoms with E-state index in [1.165, 1.54) is 22.2 Å². The van der Waals surface area contributed by atoms with Crippen molar-refractivity contribution in [1.29, 1.82) is 0 Å².